The van der Waals surface area contributed by atoms with Crippen molar-refractivity contribution < 1.29 is 26.3 Å². The Hall–Kier alpha value is -0.870. The number of benzene rings is 1. The number of sulfonamides is 1. The Kier molecular flexibility index (Phi) is 6.14. The van der Waals surface area contributed by atoms with E-state index in [1.165, 1.54) is 0 Å². The van der Waals surface area contributed by atoms with Gasteiger partial charge in [-0.05, 0) is 25.1 Å². The van der Waals surface area contributed by atoms with Crippen LogP contribution >= 0.6 is 11.6 Å². The zero-order valence-corrected chi connectivity index (χ0v) is 14.5. The van der Waals surface area contributed by atoms with Gasteiger partial charge in [0, 0.05) is 30.7 Å². The van der Waals surface area contributed by atoms with E-state index in [1.807, 2.05) is 4.90 Å². The molecule has 1 aromatic rings. The second kappa shape index (κ2) is 7.57. The van der Waals surface area contributed by atoms with Crippen LogP contribution in [-0.2, 0) is 20.9 Å². The molecule has 0 spiro atoms. The molecule has 1 unspecified atom stereocenters. The van der Waals surface area contributed by atoms with E-state index in [-0.39, 0.29) is 17.6 Å². The quantitative estimate of drug-likeness (QED) is 0.844. The number of alkyl halides is 3. The molecule has 1 N–H and O–H groups in total. The highest BCUT2D eigenvalue weighted by Crippen LogP contribution is 2.35. The highest BCUT2D eigenvalue weighted by molar-refractivity contribution is 7.89. The normalized spacial score (nSPS) is 18.5. The van der Waals surface area contributed by atoms with Crippen LogP contribution in [0.3, 0.4) is 0 Å². The predicted molar refractivity (Wildman–Crippen MR) is 83.5 cm³/mol. The van der Waals surface area contributed by atoms with Crippen LogP contribution < -0.4 is 4.72 Å². The standard InChI is InChI=1S/C14H18ClF3N2O3S/c1-10(20-4-6-23-7-5-20)9-19-24(21,22)13-3-2-11(15)8-12(13)14(16,17)18/h2-3,8,10,19H,4-7,9H2,1H3. The number of hydrogen-bond donors (Lipinski definition) is 1. The molecule has 1 heterocycles. The molecule has 0 aromatic heterocycles. The molecule has 24 heavy (non-hydrogen) atoms. The first-order valence-corrected chi connectivity index (χ1v) is 9.15. The van der Waals surface area contributed by atoms with Crippen molar-refractivity contribution in [2.45, 2.75) is 24.0 Å². The van der Waals surface area contributed by atoms with Crippen molar-refractivity contribution in [2.75, 3.05) is 32.8 Å². The fourth-order valence-electron chi connectivity index (χ4n) is 2.41. The summed E-state index contributed by atoms with van der Waals surface area (Å²) in [4.78, 5) is 1.19. The highest BCUT2D eigenvalue weighted by Gasteiger charge is 2.37. The number of ether oxygens (including phenoxy) is 1. The maximum absolute atomic E-state index is 13.1. The van der Waals surface area contributed by atoms with Gasteiger partial charge in [0.05, 0.1) is 23.7 Å². The third kappa shape index (κ3) is 4.82. The molecule has 1 atom stereocenters. The largest absolute Gasteiger partial charge is 0.417 e. The van der Waals surface area contributed by atoms with Gasteiger partial charge < -0.3 is 4.74 Å². The number of hydrogen-bond acceptors (Lipinski definition) is 4. The second-order valence-electron chi connectivity index (χ2n) is 5.49. The van der Waals surface area contributed by atoms with Gasteiger partial charge in [-0.1, -0.05) is 11.6 Å². The average Bonchev–Trinajstić information content (AvgIpc) is 2.52. The van der Waals surface area contributed by atoms with E-state index in [2.05, 4.69) is 4.72 Å². The molecular formula is C14H18ClF3N2O3S. The van der Waals surface area contributed by atoms with Crippen molar-refractivity contribution in [3.05, 3.63) is 28.8 Å². The van der Waals surface area contributed by atoms with Crippen molar-refractivity contribution in [1.82, 2.24) is 9.62 Å². The molecular weight excluding hydrogens is 369 g/mol. The van der Waals surface area contributed by atoms with Gasteiger partial charge in [0.25, 0.3) is 0 Å². The lowest BCUT2D eigenvalue weighted by Crippen LogP contribution is -2.47. The zero-order valence-electron chi connectivity index (χ0n) is 12.9. The summed E-state index contributed by atoms with van der Waals surface area (Å²) in [6, 6.07) is 2.44. The van der Waals surface area contributed by atoms with E-state index < -0.39 is 26.7 Å². The van der Waals surface area contributed by atoms with Gasteiger partial charge in [0.2, 0.25) is 10.0 Å². The third-order valence-electron chi connectivity index (χ3n) is 3.77. The molecule has 0 bridgehead atoms. The molecule has 1 aromatic carbocycles. The van der Waals surface area contributed by atoms with Crippen LogP contribution in [0.1, 0.15) is 12.5 Å². The first-order chi connectivity index (χ1) is 11.1. The maximum Gasteiger partial charge on any atom is 0.417 e. The highest BCUT2D eigenvalue weighted by atomic mass is 35.5. The topological polar surface area (TPSA) is 58.6 Å². The van der Waals surface area contributed by atoms with Crippen LogP contribution in [0.15, 0.2) is 23.1 Å². The van der Waals surface area contributed by atoms with E-state index in [1.54, 1.807) is 6.92 Å². The Morgan fingerprint density at radius 3 is 2.54 bits per heavy atom. The summed E-state index contributed by atoms with van der Waals surface area (Å²) < 4.78 is 71.3. The molecule has 136 valence electrons. The van der Waals surface area contributed by atoms with Crippen molar-refractivity contribution in [3.8, 4) is 0 Å². The molecule has 1 saturated heterocycles. The van der Waals surface area contributed by atoms with Crippen molar-refractivity contribution in [2.24, 2.45) is 0 Å². The number of rotatable bonds is 5. The van der Waals surface area contributed by atoms with Crippen LogP contribution in [0.5, 0.6) is 0 Å². The van der Waals surface area contributed by atoms with Crippen LogP contribution in [0.4, 0.5) is 13.2 Å². The maximum atomic E-state index is 13.1. The Morgan fingerprint density at radius 1 is 1.33 bits per heavy atom. The molecule has 0 radical (unpaired) electrons. The fraction of sp³-hybridized carbons (Fsp3) is 0.571. The van der Waals surface area contributed by atoms with Crippen LogP contribution in [0, 0.1) is 0 Å². The van der Waals surface area contributed by atoms with Crippen molar-refractivity contribution in [3.63, 3.8) is 0 Å². The molecule has 2 rings (SSSR count). The van der Waals surface area contributed by atoms with Gasteiger partial charge in [-0.2, -0.15) is 13.2 Å². The van der Waals surface area contributed by atoms with Crippen LogP contribution in [0.2, 0.25) is 5.02 Å². The smallest absolute Gasteiger partial charge is 0.379 e. The SMILES string of the molecule is CC(CNS(=O)(=O)c1ccc(Cl)cc1C(F)(F)F)N1CCOCC1. The van der Waals surface area contributed by atoms with Crippen molar-refractivity contribution in [1.29, 1.82) is 0 Å². The minimum Gasteiger partial charge on any atom is -0.379 e. The average molecular weight is 387 g/mol. The molecule has 1 aliphatic rings. The summed E-state index contributed by atoms with van der Waals surface area (Å²) in [6.45, 7) is 4.21. The summed E-state index contributed by atoms with van der Waals surface area (Å²) in [5.74, 6) is 0. The molecule has 0 aliphatic carbocycles. The van der Waals surface area contributed by atoms with Gasteiger partial charge >= 0.3 is 6.18 Å². The number of nitrogens with zero attached hydrogens (tertiary/aromatic N) is 1. The number of nitrogens with one attached hydrogen (secondary N) is 1. The van der Waals surface area contributed by atoms with Gasteiger partial charge in [-0.3, -0.25) is 4.90 Å². The predicted octanol–water partition coefficient (Wildman–Crippen LogP) is 2.36. The van der Waals surface area contributed by atoms with Gasteiger partial charge in [-0.15, -0.1) is 0 Å². The summed E-state index contributed by atoms with van der Waals surface area (Å²) in [6.07, 6.45) is -4.81. The molecule has 10 heteroatoms. The monoisotopic (exact) mass is 386 g/mol. The lowest BCUT2D eigenvalue weighted by molar-refractivity contribution is -0.139. The zero-order chi connectivity index (χ0) is 18.0. The molecule has 1 fully saturated rings. The van der Waals surface area contributed by atoms with Gasteiger partial charge in [0.1, 0.15) is 0 Å². The number of morpholine rings is 1. The Labute approximate surface area is 143 Å². The Balaban J connectivity index is 2.15. The van der Waals surface area contributed by atoms with Gasteiger partial charge in [0.15, 0.2) is 0 Å². The minimum atomic E-state index is -4.81. The van der Waals surface area contributed by atoms with Crippen LogP contribution in [-0.4, -0.2) is 52.2 Å². The van der Waals surface area contributed by atoms with Crippen molar-refractivity contribution >= 4 is 21.6 Å². The molecule has 1 aliphatic heterocycles. The minimum absolute atomic E-state index is 0.00224. The summed E-state index contributed by atoms with van der Waals surface area (Å²) in [5, 5.41) is -0.178. The molecule has 5 nitrogen and oxygen atoms in total. The molecule has 0 amide bonds. The van der Waals surface area contributed by atoms with E-state index in [0.717, 1.165) is 12.1 Å². The van der Waals surface area contributed by atoms with E-state index in [0.29, 0.717) is 32.4 Å². The summed E-state index contributed by atoms with van der Waals surface area (Å²) in [7, 11) is -4.31. The third-order valence-corrected chi connectivity index (χ3v) is 5.49. The fourth-order valence-corrected chi connectivity index (χ4v) is 3.91. The number of halogens is 4. The lowest BCUT2D eigenvalue weighted by atomic mass is 10.2. The van der Waals surface area contributed by atoms with Crippen LogP contribution in [0.25, 0.3) is 0 Å². The summed E-state index contributed by atoms with van der Waals surface area (Å²) >= 11 is 5.57. The van der Waals surface area contributed by atoms with E-state index in [4.69, 9.17) is 16.3 Å². The first kappa shape index (κ1) is 19.5. The Morgan fingerprint density at radius 2 is 1.96 bits per heavy atom. The Bertz CT molecular complexity index is 676. The lowest BCUT2D eigenvalue weighted by Gasteiger charge is -2.32. The van der Waals surface area contributed by atoms with Gasteiger partial charge in [-0.25, -0.2) is 13.1 Å². The van der Waals surface area contributed by atoms with E-state index >= 15 is 0 Å². The van der Waals surface area contributed by atoms with E-state index in [9.17, 15) is 21.6 Å². The summed E-state index contributed by atoms with van der Waals surface area (Å²) in [5.41, 5.74) is -1.28. The second-order valence-corrected chi connectivity index (χ2v) is 7.66. The first-order valence-electron chi connectivity index (χ1n) is 7.29. The molecule has 0 saturated carbocycles.